The molecule has 0 aliphatic carbocycles. The number of hydrogen-bond acceptors (Lipinski definition) is 5. The molecule has 0 radical (unpaired) electrons. The first-order valence-corrected chi connectivity index (χ1v) is 7.24. The van der Waals surface area contributed by atoms with E-state index in [-0.39, 0.29) is 11.4 Å². The van der Waals surface area contributed by atoms with Crippen molar-refractivity contribution in [1.82, 2.24) is 0 Å². The average Bonchev–Trinajstić information content (AvgIpc) is 2.36. The zero-order valence-corrected chi connectivity index (χ0v) is 12.1. The largest absolute Gasteiger partial charge is 0.505 e. The number of aryl methyl sites for hydroxylation is 2. The molecule has 2 aromatic rings. The molecule has 6 nitrogen and oxygen atoms in total. The molecule has 2 aromatic carbocycles. The third-order valence-corrected chi connectivity index (χ3v) is 4.12. The summed E-state index contributed by atoms with van der Waals surface area (Å²) in [6, 6.07) is 4.80. The van der Waals surface area contributed by atoms with Gasteiger partial charge in [-0.25, -0.2) is 0 Å². The van der Waals surface area contributed by atoms with Crippen molar-refractivity contribution in [2.75, 3.05) is 7.05 Å². The number of rotatable bonds is 2. The lowest BCUT2D eigenvalue weighted by Crippen LogP contribution is -1.99. The highest BCUT2D eigenvalue weighted by atomic mass is 32.2. The summed E-state index contributed by atoms with van der Waals surface area (Å²) in [5, 5.41) is 18.3. The van der Waals surface area contributed by atoms with Gasteiger partial charge in [-0.15, -0.1) is 0 Å². The van der Waals surface area contributed by atoms with Gasteiger partial charge < -0.3 is 5.11 Å². The molecule has 0 fully saturated rings. The molecule has 20 heavy (non-hydrogen) atoms. The van der Waals surface area contributed by atoms with Crippen LogP contribution in [0.2, 0.25) is 0 Å². The summed E-state index contributed by atoms with van der Waals surface area (Å²) < 4.78 is 32.2. The van der Waals surface area contributed by atoms with Crippen LogP contribution < -0.4 is 0 Å². The van der Waals surface area contributed by atoms with Crippen LogP contribution >= 0.6 is 0 Å². The molecular formula is C13H14N2O4S. The summed E-state index contributed by atoms with van der Waals surface area (Å²) >= 11 is 0. The Kier molecular flexibility index (Phi) is 3.49. The lowest BCUT2D eigenvalue weighted by molar-refractivity contribution is 0.472. The maximum atomic E-state index is 11.5. The molecule has 0 heterocycles. The fraction of sp³-hybridized carbons (Fsp3) is 0.231. The van der Waals surface area contributed by atoms with Crippen molar-refractivity contribution in [3.05, 3.63) is 29.3 Å². The van der Waals surface area contributed by atoms with E-state index in [2.05, 4.69) is 10.2 Å². The number of nitrogens with zero attached hydrogens (tertiary/aromatic N) is 2. The van der Waals surface area contributed by atoms with Crippen LogP contribution in [0.1, 0.15) is 11.1 Å². The molecule has 2 rings (SSSR count). The summed E-state index contributed by atoms with van der Waals surface area (Å²) in [7, 11) is -3.17. The van der Waals surface area contributed by atoms with Crippen molar-refractivity contribution in [1.29, 1.82) is 0 Å². The quantitative estimate of drug-likeness (QED) is 0.656. The zero-order chi connectivity index (χ0) is 15.1. The predicted octanol–water partition coefficient (Wildman–Crippen LogP) is 3.12. The number of hydrogen-bond donors (Lipinski definition) is 2. The van der Waals surface area contributed by atoms with Crippen LogP contribution in [0.4, 0.5) is 5.69 Å². The van der Waals surface area contributed by atoms with Gasteiger partial charge in [0.05, 0.1) is 0 Å². The minimum Gasteiger partial charge on any atom is -0.505 e. The molecule has 0 spiro atoms. The van der Waals surface area contributed by atoms with Gasteiger partial charge in [-0.05, 0) is 36.4 Å². The molecule has 0 bridgehead atoms. The Morgan fingerprint density at radius 1 is 1.15 bits per heavy atom. The Hall–Kier alpha value is -1.99. The Labute approximate surface area is 116 Å². The van der Waals surface area contributed by atoms with E-state index in [9.17, 15) is 18.1 Å². The number of azo groups is 1. The average molecular weight is 294 g/mol. The van der Waals surface area contributed by atoms with Crippen molar-refractivity contribution in [3.8, 4) is 5.75 Å². The van der Waals surface area contributed by atoms with E-state index in [1.807, 2.05) is 19.9 Å². The number of phenols is 1. The van der Waals surface area contributed by atoms with Gasteiger partial charge in [0.25, 0.3) is 10.1 Å². The maximum Gasteiger partial charge on any atom is 0.296 e. The van der Waals surface area contributed by atoms with Crippen molar-refractivity contribution < 1.29 is 18.1 Å². The number of benzene rings is 2. The van der Waals surface area contributed by atoms with Crippen LogP contribution in [0, 0.1) is 13.8 Å². The molecule has 0 aliphatic rings. The van der Waals surface area contributed by atoms with E-state index in [0.29, 0.717) is 10.8 Å². The molecule has 0 aliphatic heterocycles. The summed E-state index contributed by atoms with van der Waals surface area (Å²) in [5.74, 6) is -0.316. The van der Waals surface area contributed by atoms with Gasteiger partial charge in [-0.3, -0.25) is 4.55 Å². The molecule has 0 atom stereocenters. The Morgan fingerprint density at radius 2 is 1.80 bits per heavy atom. The SMILES string of the molecule is CN=Nc1c(S(=O)(=O)O)cc2c(C)c(C)ccc2c1O. The highest BCUT2D eigenvalue weighted by molar-refractivity contribution is 7.86. The Balaban J connectivity index is 3.05. The van der Waals surface area contributed by atoms with E-state index in [4.69, 9.17) is 0 Å². The van der Waals surface area contributed by atoms with Crippen LogP contribution in [-0.2, 0) is 10.1 Å². The summed E-state index contributed by atoms with van der Waals surface area (Å²) in [6.45, 7) is 3.69. The predicted molar refractivity (Wildman–Crippen MR) is 75.3 cm³/mol. The second-order valence-electron chi connectivity index (χ2n) is 4.45. The van der Waals surface area contributed by atoms with Gasteiger partial charge in [0.1, 0.15) is 10.6 Å². The lowest BCUT2D eigenvalue weighted by Gasteiger charge is -2.11. The summed E-state index contributed by atoms with van der Waals surface area (Å²) in [4.78, 5) is -0.457. The number of fused-ring (bicyclic) bond motifs is 1. The topological polar surface area (TPSA) is 99.3 Å². The number of phenolic OH excluding ortho intramolecular Hbond substituents is 1. The van der Waals surface area contributed by atoms with E-state index in [1.54, 1.807) is 6.07 Å². The smallest absolute Gasteiger partial charge is 0.296 e. The van der Waals surface area contributed by atoms with Crippen LogP contribution in [0.3, 0.4) is 0 Å². The van der Waals surface area contributed by atoms with Gasteiger partial charge in [-0.1, -0.05) is 12.1 Å². The van der Waals surface area contributed by atoms with E-state index in [1.165, 1.54) is 13.1 Å². The van der Waals surface area contributed by atoms with E-state index in [0.717, 1.165) is 11.1 Å². The molecule has 0 aromatic heterocycles. The van der Waals surface area contributed by atoms with Gasteiger partial charge in [0.15, 0.2) is 5.75 Å². The van der Waals surface area contributed by atoms with Gasteiger partial charge in [-0.2, -0.15) is 18.6 Å². The molecule has 0 amide bonds. The highest BCUT2D eigenvalue weighted by Crippen LogP contribution is 2.41. The van der Waals surface area contributed by atoms with E-state index < -0.39 is 15.0 Å². The second kappa shape index (κ2) is 4.84. The first-order valence-electron chi connectivity index (χ1n) is 5.80. The van der Waals surface area contributed by atoms with Crippen molar-refractivity contribution in [2.45, 2.75) is 18.7 Å². The van der Waals surface area contributed by atoms with Gasteiger partial charge in [0, 0.05) is 12.4 Å². The van der Waals surface area contributed by atoms with Crippen LogP contribution in [0.25, 0.3) is 10.8 Å². The van der Waals surface area contributed by atoms with Gasteiger partial charge in [0.2, 0.25) is 0 Å². The van der Waals surface area contributed by atoms with Crippen LogP contribution in [0.5, 0.6) is 5.75 Å². The zero-order valence-electron chi connectivity index (χ0n) is 11.2. The third kappa shape index (κ3) is 2.25. The fourth-order valence-electron chi connectivity index (χ4n) is 2.07. The first kappa shape index (κ1) is 14.4. The number of aromatic hydroxyl groups is 1. The summed E-state index contributed by atoms with van der Waals surface area (Å²) in [5.41, 5.74) is 1.51. The third-order valence-electron chi connectivity index (χ3n) is 3.25. The van der Waals surface area contributed by atoms with Crippen LogP contribution in [0.15, 0.2) is 33.3 Å². The minimum atomic E-state index is -4.51. The monoisotopic (exact) mass is 294 g/mol. The first-order chi connectivity index (χ1) is 9.27. The summed E-state index contributed by atoms with van der Waals surface area (Å²) in [6.07, 6.45) is 0. The highest BCUT2D eigenvalue weighted by Gasteiger charge is 2.22. The Morgan fingerprint density at radius 3 is 2.35 bits per heavy atom. The molecule has 0 saturated heterocycles. The van der Waals surface area contributed by atoms with E-state index >= 15 is 0 Å². The lowest BCUT2D eigenvalue weighted by atomic mass is 10.00. The van der Waals surface area contributed by atoms with Crippen molar-refractivity contribution >= 4 is 26.6 Å². The van der Waals surface area contributed by atoms with Crippen molar-refractivity contribution in [3.63, 3.8) is 0 Å². The molecule has 2 N–H and O–H groups in total. The molecule has 0 saturated carbocycles. The van der Waals surface area contributed by atoms with Gasteiger partial charge >= 0.3 is 0 Å². The maximum absolute atomic E-state index is 11.5. The molecular weight excluding hydrogens is 280 g/mol. The van der Waals surface area contributed by atoms with Crippen molar-refractivity contribution in [2.24, 2.45) is 10.2 Å². The molecule has 0 unspecified atom stereocenters. The second-order valence-corrected chi connectivity index (χ2v) is 5.84. The fourth-order valence-corrected chi connectivity index (χ4v) is 2.72. The molecule has 7 heteroatoms. The van der Waals surface area contributed by atoms with Crippen LogP contribution in [-0.4, -0.2) is 25.1 Å². The standard InChI is InChI=1S/C13H14N2O4S/c1-7-4-5-9-10(8(7)2)6-11(20(17,18)19)12(13(9)16)15-14-3/h4-6,16H,1-3H3,(H,17,18,19). The normalized spacial score (nSPS) is 12.4. The minimum absolute atomic E-state index is 0.259. The molecule has 106 valence electrons. The Bertz CT molecular complexity index is 826.